The van der Waals surface area contributed by atoms with Gasteiger partial charge in [-0.15, -0.1) is 0 Å². The molecule has 2 aromatic carbocycles. The van der Waals surface area contributed by atoms with Gasteiger partial charge in [0.1, 0.15) is 12.4 Å². The Morgan fingerprint density at radius 1 is 1.08 bits per heavy atom. The van der Waals surface area contributed by atoms with Gasteiger partial charge in [-0.1, -0.05) is 12.1 Å². The van der Waals surface area contributed by atoms with Gasteiger partial charge in [-0.25, -0.2) is 4.79 Å². The number of rotatable bonds is 7. The third-order valence-electron chi connectivity index (χ3n) is 3.31. The molecule has 6 heteroatoms. The molecule has 0 aromatic heterocycles. The Balaban J connectivity index is 1.76. The Morgan fingerprint density at radius 3 is 2.52 bits per heavy atom. The number of carbonyl (C=O) groups is 2. The summed E-state index contributed by atoms with van der Waals surface area (Å²) in [5, 5.41) is 5.36. The minimum atomic E-state index is -0.520. The van der Waals surface area contributed by atoms with Crippen molar-refractivity contribution in [3.05, 3.63) is 59.7 Å². The molecule has 2 rings (SSSR count). The molecule has 0 radical (unpaired) electrons. The fraction of sp³-hybridized carbons (Fsp3) is 0.263. The highest BCUT2D eigenvalue weighted by molar-refractivity contribution is 5.95. The lowest BCUT2D eigenvalue weighted by molar-refractivity contribution is 0.0947. The quantitative estimate of drug-likeness (QED) is 0.756. The van der Waals surface area contributed by atoms with Crippen LogP contribution in [0.3, 0.4) is 0 Å². The normalized spacial score (nSPS) is 10.0. The lowest BCUT2D eigenvalue weighted by Gasteiger charge is -2.09. The first-order valence-corrected chi connectivity index (χ1v) is 8.10. The van der Waals surface area contributed by atoms with Crippen LogP contribution >= 0.6 is 0 Å². The molecule has 0 fully saturated rings. The maximum Gasteiger partial charge on any atom is 0.411 e. The number of amides is 2. The summed E-state index contributed by atoms with van der Waals surface area (Å²) in [4.78, 5) is 23.4. The number of carbonyl (C=O) groups excluding carboxylic acids is 2. The minimum Gasteiger partial charge on any atom is -0.492 e. The highest BCUT2D eigenvalue weighted by atomic mass is 16.5. The summed E-state index contributed by atoms with van der Waals surface area (Å²) in [6.07, 6.45) is -0.520. The van der Waals surface area contributed by atoms with Gasteiger partial charge in [0, 0.05) is 11.3 Å². The molecule has 2 amide bonds. The Morgan fingerprint density at radius 2 is 1.84 bits per heavy atom. The molecule has 132 valence electrons. The second-order valence-corrected chi connectivity index (χ2v) is 5.34. The van der Waals surface area contributed by atoms with Crippen molar-refractivity contribution in [1.82, 2.24) is 5.32 Å². The molecule has 0 unspecified atom stereocenters. The molecule has 0 saturated heterocycles. The van der Waals surface area contributed by atoms with E-state index in [0.717, 1.165) is 11.3 Å². The van der Waals surface area contributed by atoms with Crippen LogP contribution in [0, 0.1) is 6.92 Å². The Hall–Kier alpha value is -3.02. The molecule has 0 atom stereocenters. The molecule has 0 spiro atoms. The monoisotopic (exact) mass is 342 g/mol. The third-order valence-corrected chi connectivity index (χ3v) is 3.31. The van der Waals surface area contributed by atoms with E-state index >= 15 is 0 Å². The molecule has 2 N–H and O–H groups in total. The first kappa shape index (κ1) is 18.3. The molecule has 0 saturated carbocycles. The first-order chi connectivity index (χ1) is 12.1. The van der Waals surface area contributed by atoms with E-state index in [1.807, 2.05) is 31.2 Å². The Kier molecular flexibility index (Phi) is 6.83. The smallest absolute Gasteiger partial charge is 0.411 e. The zero-order chi connectivity index (χ0) is 18.1. The van der Waals surface area contributed by atoms with E-state index in [9.17, 15) is 9.59 Å². The molecule has 6 nitrogen and oxygen atoms in total. The van der Waals surface area contributed by atoms with Gasteiger partial charge in [0.05, 0.1) is 13.2 Å². The van der Waals surface area contributed by atoms with Gasteiger partial charge in [0.25, 0.3) is 5.91 Å². The molecule has 0 bridgehead atoms. The van der Waals surface area contributed by atoms with E-state index in [0.29, 0.717) is 31.0 Å². The predicted octanol–water partition coefficient (Wildman–Crippen LogP) is 3.37. The van der Waals surface area contributed by atoms with E-state index in [1.54, 1.807) is 31.2 Å². The van der Waals surface area contributed by atoms with Crippen molar-refractivity contribution in [3.63, 3.8) is 0 Å². The second kappa shape index (κ2) is 9.32. The number of nitrogens with one attached hydrogen (secondary N) is 2. The van der Waals surface area contributed by atoms with Gasteiger partial charge in [-0.2, -0.15) is 0 Å². The number of benzene rings is 2. The van der Waals surface area contributed by atoms with Crippen molar-refractivity contribution < 1.29 is 19.1 Å². The standard InChI is InChI=1S/C19H22N2O4/c1-3-24-19(23)21-16-9-7-15(8-10-16)18(22)20-11-12-25-17-6-4-5-14(2)13-17/h4-10,13H,3,11-12H2,1-2H3,(H,20,22)(H,21,23). The Labute approximate surface area is 147 Å². The summed E-state index contributed by atoms with van der Waals surface area (Å²) in [5.74, 6) is 0.583. The largest absolute Gasteiger partial charge is 0.492 e. The van der Waals surface area contributed by atoms with Gasteiger partial charge in [0.2, 0.25) is 0 Å². The molecule has 0 aliphatic heterocycles. The SMILES string of the molecule is CCOC(=O)Nc1ccc(C(=O)NCCOc2cccc(C)c2)cc1. The van der Waals surface area contributed by atoms with E-state index in [2.05, 4.69) is 10.6 Å². The van der Waals surface area contributed by atoms with Gasteiger partial charge < -0.3 is 14.8 Å². The van der Waals surface area contributed by atoms with Crippen LogP contribution in [0.15, 0.2) is 48.5 Å². The summed E-state index contributed by atoms with van der Waals surface area (Å²) >= 11 is 0. The lowest BCUT2D eigenvalue weighted by atomic mass is 10.2. The summed E-state index contributed by atoms with van der Waals surface area (Å²) in [6.45, 7) is 4.81. The predicted molar refractivity (Wildman–Crippen MR) is 96.1 cm³/mol. The molecule has 0 heterocycles. The summed E-state index contributed by atoms with van der Waals surface area (Å²) in [7, 11) is 0. The third kappa shape index (κ3) is 6.18. The van der Waals surface area contributed by atoms with E-state index in [-0.39, 0.29) is 5.91 Å². The summed E-state index contributed by atoms with van der Waals surface area (Å²) in [5.41, 5.74) is 2.20. The van der Waals surface area contributed by atoms with Crippen LogP contribution in [0.2, 0.25) is 0 Å². The van der Waals surface area contributed by atoms with Crippen LogP contribution in [0.1, 0.15) is 22.8 Å². The fourth-order valence-corrected chi connectivity index (χ4v) is 2.13. The highest BCUT2D eigenvalue weighted by Crippen LogP contribution is 2.12. The topological polar surface area (TPSA) is 76.7 Å². The fourth-order valence-electron chi connectivity index (χ4n) is 2.13. The van der Waals surface area contributed by atoms with Crippen LogP contribution in [0.4, 0.5) is 10.5 Å². The van der Waals surface area contributed by atoms with Crippen LogP contribution in [-0.2, 0) is 4.74 Å². The molecule has 0 aliphatic carbocycles. The maximum atomic E-state index is 12.1. The van der Waals surface area contributed by atoms with Gasteiger partial charge in [0.15, 0.2) is 0 Å². The number of ether oxygens (including phenoxy) is 2. The zero-order valence-corrected chi connectivity index (χ0v) is 14.4. The van der Waals surface area contributed by atoms with Crippen LogP contribution in [-0.4, -0.2) is 31.8 Å². The van der Waals surface area contributed by atoms with Crippen molar-refractivity contribution in [2.24, 2.45) is 0 Å². The highest BCUT2D eigenvalue weighted by Gasteiger charge is 2.06. The van der Waals surface area contributed by atoms with Crippen molar-refractivity contribution in [3.8, 4) is 5.75 Å². The zero-order valence-electron chi connectivity index (χ0n) is 14.4. The summed E-state index contributed by atoms with van der Waals surface area (Å²) < 4.78 is 10.4. The van der Waals surface area contributed by atoms with Gasteiger partial charge >= 0.3 is 6.09 Å². The number of anilines is 1. The molecular formula is C19H22N2O4. The van der Waals surface area contributed by atoms with Crippen LogP contribution in [0.5, 0.6) is 5.75 Å². The first-order valence-electron chi connectivity index (χ1n) is 8.10. The number of hydrogen-bond donors (Lipinski definition) is 2. The summed E-state index contributed by atoms with van der Waals surface area (Å²) in [6, 6.07) is 14.3. The number of aryl methyl sites for hydroxylation is 1. The van der Waals surface area contributed by atoms with E-state index in [1.165, 1.54) is 0 Å². The molecule has 2 aromatic rings. The molecule has 0 aliphatic rings. The van der Waals surface area contributed by atoms with Crippen LogP contribution in [0.25, 0.3) is 0 Å². The minimum absolute atomic E-state index is 0.199. The molecule has 25 heavy (non-hydrogen) atoms. The second-order valence-electron chi connectivity index (χ2n) is 5.34. The van der Waals surface area contributed by atoms with Crippen molar-refractivity contribution in [1.29, 1.82) is 0 Å². The van der Waals surface area contributed by atoms with E-state index < -0.39 is 6.09 Å². The van der Waals surface area contributed by atoms with Crippen molar-refractivity contribution >= 4 is 17.7 Å². The van der Waals surface area contributed by atoms with Gasteiger partial charge in [-0.3, -0.25) is 10.1 Å². The molecular weight excluding hydrogens is 320 g/mol. The van der Waals surface area contributed by atoms with Crippen LogP contribution < -0.4 is 15.4 Å². The van der Waals surface area contributed by atoms with E-state index in [4.69, 9.17) is 9.47 Å². The number of hydrogen-bond acceptors (Lipinski definition) is 4. The van der Waals surface area contributed by atoms with Crippen molar-refractivity contribution in [2.75, 3.05) is 25.1 Å². The average Bonchev–Trinajstić information content (AvgIpc) is 2.59. The average molecular weight is 342 g/mol. The van der Waals surface area contributed by atoms with Crippen molar-refractivity contribution in [2.45, 2.75) is 13.8 Å². The Bertz CT molecular complexity index is 714. The van der Waals surface area contributed by atoms with Gasteiger partial charge in [-0.05, 0) is 55.8 Å². The lowest BCUT2D eigenvalue weighted by Crippen LogP contribution is -2.28. The maximum absolute atomic E-state index is 12.1.